The van der Waals surface area contributed by atoms with Crippen molar-refractivity contribution >= 4 is 15.9 Å². The molecule has 0 aliphatic carbocycles. The summed E-state index contributed by atoms with van der Waals surface area (Å²) < 4.78 is 23.7. The summed E-state index contributed by atoms with van der Waals surface area (Å²) in [4.78, 5) is 11.2. The molecule has 0 saturated carbocycles. The largest absolute Gasteiger partial charge is 0.355 e. The Kier molecular flexibility index (Phi) is 6.72. The molecule has 0 heterocycles. The molecule has 1 atom stereocenters. The summed E-state index contributed by atoms with van der Waals surface area (Å²) >= 11 is 0. The number of hydrogen-bond donors (Lipinski definition) is 3. The van der Waals surface area contributed by atoms with Gasteiger partial charge in [0.15, 0.2) is 0 Å². The first-order valence-electron chi connectivity index (χ1n) is 4.78. The van der Waals surface area contributed by atoms with Gasteiger partial charge in [-0.05, 0) is 6.42 Å². The highest BCUT2D eigenvalue weighted by Crippen LogP contribution is 1.86. The van der Waals surface area contributed by atoms with Gasteiger partial charge in [-0.3, -0.25) is 4.79 Å². The Morgan fingerprint density at radius 2 is 2.12 bits per heavy atom. The molecule has 0 aromatic carbocycles. The normalized spacial score (nSPS) is 12.8. The molecule has 1 unspecified atom stereocenters. The lowest BCUT2D eigenvalue weighted by Crippen LogP contribution is -2.41. The van der Waals surface area contributed by atoms with Crippen LogP contribution in [0.5, 0.6) is 0 Å². The van der Waals surface area contributed by atoms with Crippen molar-refractivity contribution in [2.45, 2.75) is 18.9 Å². The minimum absolute atomic E-state index is 0.188. The first-order chi connectivity index (χ1) is 7.37. The Morgan fingerprint density at radius 1 is 1.50 bits per heavy atom. The van der Waals surface area contributed by atoms with Gasteiger partial charge < -0.3 is 11.1 Å². The van der Waals surface area contributed by atoms with Gasteiger partial charge in [0.2, 0.25) is 15.9 Å². The number of hydrogen-bond acceptors (Lipinski definition) is 4. The molecule has 0 spiro atoms. The molecule has 0 rings (SSSR count). The first kappa shape index (κ1) is 14.9. The number of carbonyl (C=O) groups excluding carboxylic acids is 1. The molecule has 6 nitrogen and oxygen atoms in total. The van der Waals surface area contributed by atoms with E-state index in [2.05, 4.69) is 16.0 Å². The van der Waals surface area contributed by atoms with Crippen molar-refractivity contribution in [2.75, 3.05) is 19.3 Å². The van der Waals surface area contributed by atoms with Crippen LogP contribution in [0.25, 0.3) is 0 Å². The van der Waals surface area contributed by atoms with Gasteiger partial charge in [0.1, 0.15) is 0 Å². The van der Waals surface area contributed by atoms with E-state index in [9.17, 15) is 13.2 Å². The smallest absolute Gasteiger partial charge is 0.237 e. The van der Waals surface area contributed by atoms with Crippen LogP contribution in [0.4, 0.5) is 0 Å². The lowest BCUT2D eigenvalue weighted by Gasteiger charge is -2.09. The zero-order chi connectivity index (χ0) is 12.6. The molecule has 0 fully saturated rings. The van der Waals surface area contributed by atoms with Crippen LogP contribution in [0.15, 0.2) is 0 Å². The highest BCUT2D eigenvalue weighted by molar-refractivity contribution is 7.88. The van der Waals surface area contributed by atoms with Crippen molar-refractivity contribution in [3.05, 3.63) is 0 Å². The summed E-state index contributed by atoms with van der Waals surface area (Å²) in [6, 6.07) is -0.701. The average molecular weight is 247 g/mol. The van der Waals surface area contributed by atoms with Crippen molar-refractivity contribution in [2.24, 2.45) is 5.73 Å². The van der Waals surface area contributed by atoms with E-state index in [4.69, 9.17) is 12.2 Å². The van der Waals surface area contributed by atoms with Crippen LogP contribution >= 0.6 is 0 Å². The lowest BCUT2D eigenvalue weighted by molar-refractivity contribution is -0.122. The third-order valence-electron chi connectivity index (χ3n) is 1.69. The van der Waals surface area contributed by atoms with Gasteiger partial charge in [-0.15, -0.1) is 12.3 Å². The van der Waals surface area contributed by atoms with E-state index in [1.54, 1.807) is 0 Å². The van der Waals surface area contributed by atoms with E-state index < -0.39 is 16.1 Å². The molecule has 0 saturated heterocycles. The van der Waals surface area contributed by atoms with Gasteiger partial charge in [0.05, 0.1) is 12.3 Å². The molecule has 0 aliphatic rings. The van der Waals surface area contributed by atoms with Crippen molar-refractivity contribution in [3.63, 3.8) is 0 Å². The SMILES string of the molecule is C#CCC(N)C(=O)NCCCNS(C)(=O)=O. The number of rotatable bonds is 7. The highest BCUT2D eigenvalue weighted by Gasteiger charge is 2.10. The molecule has 92 valence electrons. The molecule has 1 amide bonds. The topological polar surface area (TPSA) is 101 Å². The first-order valence-corrected chi connectivity index (χ1v) is 6.67. The lowest BCUT2D eigenvalue weighted by atomic mass is 10.2. The molecule has 0 aromatic rings. The summed E-state index contributed by atoms with van der Waals surface area (Å²) in [5.74, 6) is 1.97. The maximum Gasteiger partial charge on any atom is 0.237 e. The zero-order valence-electron chi connectivity index (χ0n) is 9.19. The molecule has 0 bridgehead atoms. The van der Waals surface area contributed by atoms with E-state index in [-0.39, 0.29) is 18.9 Å². The number of sulfonamides is 1. The number of nitrogens with one attached hydrogen (secondary N) is 2. The third kappa shape index (κ3) is 8.23. The van der Waals surface area contributed by atoms with Gasteiger partial charge in [-0.2, -0.15) is 0 Å². The van der Waals surface area contributed by atoms with Crippen LogP contribution in [0.3, 0.4) is 0 Å². The second-order valence-corrected chi connectivity index (χ2v) is 5.16. The highest BCUT2D eigenvalue weighted by atomic mass is 32.2. The Bertz CT molecular complexity index is 359. The van der Waals surface area contributed by atoms with Crippen LogP contribution in [-0.4, -0.2) is 39.7 Å². The minimum atomic E-state index is -3.16. The molecule has 0 aromatic heterocycles. The van der Waals surface area contributed by atoms with E-state index >= 15 is 0 Å². The molecular formula is C9H17N3O3S. The minimum Gasteiger partial charge on any atom is -0.355 e. The predicted octanol–water partition coefficient (Wildman–Crippen LogP) is -1.61. The monoisotopic (exact) mass is 247 g/mol. The number of carbonyl (C=O) groups is 1. The quantitative estimate of drug-likeness (QED) is 0.372. The summed E-state index contributed by atoms with van der Waals surface area (Å²) in [5.41, 5.74) is 5.45. The summed E-state index contributed by atoms with van der Waals surface area (Å²) in [6.45, 7) is 0.642. The predicted molar refractivity (Wildman–Crippen MR) is 61.9 cm³/mol. The number of terminal acetylenes is 1. The molecule has 0 radical (unpaired) electrons. The van der Waals surface area contributed by atoms with E-state index in [0.29, 0.717) is 13.0 Å². The molecule has 7 heteroatoms. The van der Waals surface area contributed by atoms with Gasteiger partial charge in [0.25, 0.3) is 0 Å². The Hall–Kier alpha value is -1.10. The second-order valence-electron chi connectivity index (χ2n) is 3.33. The van der Waals surface area contributed by atoms with Crippen LogP contribution in [0.2, 0.25) is 0 Å². The Morgan fingerprint density at radius 3 is 2.62 bits per heavy atom. The van der Waals surface area contributed by atoms with E-state index in [1.165, 1.54) is 0 Å². The summed E-state index contributed by atoms with van der Waals surface area (Å²) in [6.07, 6.45) is 6.77. The van der Waals surface area contributed by atoms with Crippen LogP contribution in [0, 0.1) is 12.3 Å². The van der Waals surface area contributed by atoms with Gasteiger partial charge in [-0.1, -0.05) is 0 Å². The molecule has 0 aliphatic heterocycles. The molecule has 4 N–H and O–H groups in total. The fourth-order valence-electron chi connectivity index (χ4n) is 0.908. The van der Waals surface area contributed by atoms with Gasteiger partial charge in [-0.25, -0.2) is 13.1 Å². The maximum absolute atomic E-state index is 11.2. The Labute approximate surface area is 96.0 Å². The second kappa shape index (κ2) is 7.22. The summed E-state index contributed by atoms with van der Waals surface area (Å²) in [7, 11) is -3.16. The van der Waals surface area contributed by atoms with Crippen LogP contribution in [0.1, 0.15) is 12.8 Å². The third-order valence-corrected chi connectivity index (χ3v) is 2.42. The zero-order valence-corrected chi connectivity index (χ0v) is 10.0. The Balaban J connectivity index is 3.60. The van der Waals surface area contributed by atoms with Crippen LogP contribution < -0.4 is 15.8 Å². The van der Waals surface area contributed by atoms with E-state index in [0.717, 1.165) is 6.26 Å². The van der Waals surface area contributed by atoms with E-state index in [1.807, 2.05) is 0 Å². The van der Waals surface area contributed by atoms with Gasteiger partial charge in [0, 0.05) is 19.5 Å². The fraction of sp³-hybridized carbons (Fsp3) is 0.667. The summed E-state index contributed by atoms with van der Waals surface area (Å²) in [5, 5.41) is 2.56. The van der Waals surface area contributed by atoms with Crippen LogP contribution in [-0.2, 0) is 14.8 Å². The molecule has 16 heavy (non-hydrogen) atoms. The number of amides is 1. The maximum atomic E-state index is 11.2. The van der Waals surface area contributed by atoms with Crippen molar-refractivity contribution in [3.8, 4) is 12.3 Å². The van der Waals surface area contributed by atoms with Gasteiger partial charge >= 0.3 is 0 Å². The standard InChI is InChI=1S/C9H17N3O3S/c1-3-5-8(10)9(13)11-6-4-7-12-16(2,14)15/h1,8,12H,4-7,10H2,2H3,(H,11,13). The molecular weight excluding hydrogens is 230 g/mol. The average Bonchev–Trinajstić information content (AvgIpc) is 2.15. The van der Waals surface area contributed by atoms with Crippen molar-refractivity contribution in [1.29, 1.82) is 0 Å². The fourth-order valence-corrected chi connectivity index (χ4v) is 1.42. The number of nitrogens with two attached hydrogens (primary N) is 1. The van der Waals surface area contributed by atoms with Crippen molar-refractivity contribution in [1.82, 2.24) is 10.0 Å². The van der Waals surface area contributed by atoms with Crippen molar-refractivity contribution < 1.29 is 13.2 Å².